The Hall–Kier alpha value is -2.16. The molecule has 1 heterocycles. The van der Waals surface area contributed by atoms with Crippen LogP contribution in [0.1, 0.15) is 18.9 Å². The maximum atomic E-state index is 12.9. The molecule has 6 nitrogen and oxygen atoms in total. The average Bonchev–Trinajstić information content (AvgIpc) is 2.66. The van der Waals surface area contributed by atoms with Crippen LogP contribution < -0.4 is 15.0 Å². The van der Waals surface area contributed by atoms with Crippen molar-refractivity contribution in [2.24, 2.45) is 0 Å². The minimum atomic E-state index is -0.815. The largest absolute Gasteiger partial charge is 0.491 e. The highest BCUT2D eigenvalue weighted by Gasteiger charge is 2.36. The van der Waals surface area contributed by atoms with Gasteiger partial charge in [0.25, 0.3) is 11.8 Å². The van der Waals surface area contributed by atoms with Crippen LogP contribution in [-0.4, -0.2) is 24.5 Å². The molecule has 0 aliphatic carbocycles. The van der Waals surface area contributed by atoms with Crippen LogP contribution in [0.15, 0.2) is 50.9 Å². The van der Waals surface area contributed by atoms with Crippen molar-refractivity contribution in [3.8, 4) is 5.75 Å². The number of rotatable bonds is 5. The molecule has 0 atom stereocenters. The molecule has 2 aromatic rings. The minimum Gasteiger partial charge on any atom is -0.491 e. The van der Waals surface area contributed by atoms with Crippen molar-refractivity contribution < 1.29 is 19.1 Å². The zero-order chi connectivity index (χ0) is 21.1. The summed E-state index contributed by atoms with van der Waals surface area (Å²) in [7, 11) is 0. The Labute approximate surface area is 189 Å². The first-order valence-corrected chi connectivity index (χ1v) is 10.6. The van der Waals surface area contributed by atoms with Crippen LogP contribution >= 0.6 is 43.5 Å². The van der Waals surface area contributed by atoms with Gasteiger partial charge in [-0.05, 0) is 86.3 Å². The molecule has 0 radical (unpaired) electrons. The molecule has 29 heavy (non-hydrogen) atoms. The smallest absolute Gasteiger partial charge is 0.335 e. The van der Waals surface area contributed by atoms with Crippen molar-refractivity contribution >= 4 is 73.1 Å². The van der Waals surface area contributed by atoms with Gasteiger partial charge in [0.1, 0.15) is 11.3 Å². The molecule has 0 spiro atoms. The molecular formula is C20H15Br2ClN2O4. The molecule has 1 aliphatic rings. The Morgan fingerprint density at radius 3 is 2.31 bits per heavy atom. The summed E-state index contributed by atoms with van der Waals surface area (Å²) in [6.07, 6.45) is 2.28. The Morgan fingerprint density at radius 1 is 1.10 bits per heavy atom. The molecular weight excluding hydrogens is 527 g/mol. The van der Waals surface area contributed by atoms with Gasteiger partial charge in [-0.25, -0.2) is 9.69 Å². The van der Waals surface area contributed by atoms with Crippen molar-refractivity contribution in [3.63, 3.8) is 0 Å². The summed E-state index contributed by atoms with van der Waals surface area (Å²) in [5.74, 6) is -0.852. The second-order valence-corrected chi connectivity index (χ2v) is 8.24. The lowest BCUT2D eigenvalue weighted by Gasteiger charge is -2.26. The molecule has 1 N–H and O–H groups in total. The van der Waals surface area contributed by atoms with Gasteiger partial charge in [-0.3, -0.25) is 14.9 Å². The molecule has 1 aliphatic heterocycles. The number of hydrogen-bond acceptors (Lipinski definition) is 4. The van der Waals surface area contributed by atoms with Crippen LogP contribution in [0, 0.1) is 0 Å². The third-order valence-corrected chi connectivity index (χ3v) is 5.40. The van der Waals surface area contributed by atoms with Crippen molar-refractivity contribution in [1.82, 2.24) is 5.32 Å². The first kappa shape index (κ1) is 21.5. The molecule has 0 unspecified atom stereocenters. The fourth-order valence-corrected chi connectivity index (χ4v) is 4.23. The van der Waals surface area contributed by atoms with Crippen molar-refractivity contribution in [2.45, 2.75) is 13.3 Å². The zero-order valence-electron chi connectivity index (χ0n) is 15.2. The Balaban J connectivity index is 1.97. The lowest BCUT2D eigenvalue weighted by molar-refractivity contribution is -0.122. The summed E-state index contributed by atoms with van der Waals surface area (Å²) in [4.78, 5) is 38.3. The molecule has 3 rings (SSSR count). The molecule has 150 valence electrons. The van der Waals surface area contributed by atoms with Crippen LogP contribution in [0.2, 0.25) is 5.02 Å². The van der Waals surface area contributed by atoms with Gasteiger partial charge in [0, 0.05) is 5.02 Å². The van der Waals surface area contributed by atoms with E-state index < -0.39 is 17.8 Å². The number of nitrogens with zero attached hydrogens (tertiary/aromatic N) is 1. The minimum absolute atomic E-state index is 0.166. The van der Waals surface area contributed by atoms with Crippen molar-refractivity contribution in [1.29, 1.82) is 0 Å². The summed E-state index contributed by atoms with van der Waals surface area (Å²) < 4.78 is 7.01. The Morgan fingerprint density at radius 2 is 1.72 bits per heavy atom. The van der Waals surface area contributed by atoms with E-state index in [1.54, 1.807) is 24.3 Å². The second kappa shape index (κ2) is 9.11. The quantitative estimate of drug-likeness (QED) is 0.410. The number of halogens is 3. The molecule has 1 saturated heterocycles. The number of nitrogens with one attached hydrogen (secondary N) is 1. The van der Waals surface area contributed by atoms with Gasteiger partial charge in [-0.15, -0.1) is 0 Å². The molecule has 4 amide bonds. The number of barbiturate groups is 1. The molecule has 0 aromatic heterocycles. The van der Waals surface area contributed by atoms with E-state index in [4.69, 9.17) is 16.3 Å². The fraction of sp³-hybridized carbons (Fsp3) is 0.150. The zero-order valence-corrected chi connectivity index (χ0v) is 19.1. The van der Waals surface area contributed by atoms with E-state index in [9.17, 15) is 14.4 Å². The monoisotopic (exact) mass is 540 g/mol. The number of amides is 4. The average molecular weight is 543 g/mol. The molecule has 0 bridgehead atoms. The highest BCUT2D eigenvalue weighted by molar-refractivity contribution is 9.11. The summed E-state index contributed by atoms with van der Waals surface area (Å²) >= 11 is 12.8. The normalized spacial score (nSPS) is 15.7. The van der Waals surface area contributed by atoms with Gasteiger partial charge in [0.15, 0.2) is 0 Å². The predicted molar refractivity (Wildman–Crippen MR) is 118 cm³/mol. The van der Waals surface area contributed by atoms with Crippen LogP contribution in [0.4, 0.5) is 10.5 Å². The number of carbonyl (C=O) groups excluding carboxylic acids is 3. The molecule has 0 saturated carbocycles. The van der Waals surface area contributed by atoms with Gasteiger partial charge in [-0.2, -0.15) is 0 Å². The van der Waals surface area contributed by atoms with E-state index in [1.165, 1.54) is 18.2 Å². The first-order chi connectivity index (χ1) is 13.8. The predicted octanol–water partition coefficient (Wildman–Crippen LogP) is 5.32. The molecule has 1 fully saturated rings. The van der Waals surface area contributed by atoms with Crippen LogP contribution in [-0.2, 0) is 9.59 Å². The Bertz CT molecular complexity index is 999. The van der Waals surface area contributed by atoms with Gasteiger partial charge in [0.05, 0.1) is 21.2 Å². The number of carbonyl (C=O) groups is 3. The van der Waals surface area contributed by atoms with Gasteiger partial charge >= 0.3 is 6.03 Å². The summed E-state index contributed by atoms with van der Waals surface area (Å²) in [5.41, 5.74) is 0.720. The number of benzene rings is 2. The molecule has 9 heteroatoms. The van der Waals surface area contributed by atoms with E-state index in [0.717, 1.165) is 11.3 Å². The first-order valence-electron chi connectivity index (χ1n) is 8.60. The number of anilines is 1. The third kappa shape index (κ3) is 4.71. The number of urea groups is 1. The van der Waals surface area contributed by atoms with E-state index >= 15 is 0 Å². The van der Waals surface area contributed by atoms with Gasteiger partial charge in [0.2, 0.25) is 0 Å². The van der Waals surface area contributed by atoms with E-state index in [1.807, 2.05) is 6.92 Å². The maximum absolute atomic E-state index is 12.9. The summed E-state index contributed by atoms with van der Waals surface area (Å²) in [5, 5.41) is 2.65. The standard InChI is InChI=1S/C20H15Br2ClN2O4/c1-2-7-29-17-15(21)9-11(10-16(17)22)8-14-18(26)24-20(28)25(19(14)27)13-5-3-12(23)4-6-13/h3-6,8-10H,2,7H2,1H3,(H,24,26,28)/b14-8+. The number of hydrogen-bond donors (Lipinski definition) is 1. The lowest BCUT2D eigenvalue weighted by Crippen LogP contribution is -2.54. The number of ether oxygens (including phenoxy) is 1. The topological polar surface area (TPSA) is 75.7 Å². The summed E-state index contributed by atoms with van der Waals surface area (Å²) in [6, 6.07) is 8.81. The highest BCUT2D eigenvalue weighted by atomic mass is 79.9. The lowest BCUT2D eigenvalue weighted by atomic mass is 10.1. The Kier molecular flexibility index (Phi) is 6.77. The number of imide groups is 2. The van der Waals surface area contributed by atoms with Crippen molar-refractivity contribution in [3.05, 3.63) is 61.5 Å². The van der Waals surface area contributed by atoms with Crippen LogP contribution in [0.5, 0.6) is 5.75 Å². The van der Waals surface area contributed by atoms with Gasteiger partial charge < -0.3 is 4.74 Å². The highest BCUT2D eigenvalue weighted by Crippen LogP contribution is 2.36. The third-order valence-electron chi connectivity index (χ3n) is 3.97. The molecule has 2 aromatic carbocycles. The van der Waals surface area contributed by atoms with E-state index in [-0.39, 0.29) is 5.57 Å². The van der Waals surface area contributed by atoms with E-state index in [0.29, 0.717) is 37.6 Å². The van der Waals surface area contributed by atoms with Gasteiger partial charge in [-0.1, -0.05) is 18.5 Å². The van der Waals surface area contributed by atoms with Crippen LogP contribution in [0.3, 0.4) is 0 Å². The fourth-order valence-electron chi connectivity index (χ4n) is 2.65. The van der Waals surface area contributed by atoms with E-state index in [2.05, 4.69) is 37.2 Å². The summed E-state index contributed by atoms with van der Waals surface area (Å²) in [6.45, 7) is 2.55. The SMILES string of the molecule is CCCOc1c(Br)cc(/C=C2\C(=O)NC(=O)N(c3ccc(Cl)cc3)C2=O)cc1Br. The second-order valence-electron chi connectivity index (χ2n) is 6.10. The maximum Gasteiger partial charge on any atom is 0.335 e. The van der Waals surface area contributed by atoms with Crippen molar-refractivity contribution in [2.75, 3.05) is 11.5 Å². The van der Waals surface area contributed by atoms with Crippen LogP contribution in [0.25, 0.3) is 6.08 Å².